The van der Waals surface area contributed by atoms with Crippen molar-refractivity contribution in [3.63, 3.8) is 0 Å². The topological polar surface area (TPSA) is 77.6 Å². The van der Waals surface area contributed by atoms with Gasteiger partial charge in [-0.3, -0.25) is 0 Å². The highest BCUT2D eigenvalue weighted by atomic mass is 16.7. The second-order valence-corrected chi connectivity index (χ2v) is 7.75. The summed E-state index contributed by atoms with van der Waals surface area (Å²) in [4.78, 5) is 27.7. The number of H-pyrrole nitrogens is 1. The van der Waals surface area contributed by atoms with Crippen molar-refractivity contribution < 1.29 is 23.8 Å². The maximum absolute atomic E-state index is 12.5. The third-order valence-electron chi connectivity index (χ3n) is 3.61. The van der Waals surface area contributed by atoms with Gasteiger partial charge in [-0.25, -0.2) is 9.59 Å². The first-order valence-electron chi connectivity index (χ1n) is 8.71. The summed E-state index contributed by atoms with van der Waals surface area (Å²) in [6.07, 6.45) is -0.425. The van der Waals surface area contributed by atoms with Crippen LogP contribution in [-0.2, 0) is 20.6 Å². The van der Waals surface area contributed by atoms with Gasteiger partial charge >= 0.3 is 12.1 Å². The van der Waals surface area contributed by atoms with Gasteiger partial charge in [-0.05, 0) is 47.6 Å². The van der Waals surface area contributed by atoms with Gasteiger partial charge in [0.25, 0.3) is 0 Å². The van der Waals surface area contributed by atoms with Crippen LogP contribution in [0.1, 0.15) is 57.6 Å². The van der Waals surface area contributed by atoms with E-state index in [0.717, 1.165) is 10.9 Å². The number of hydrogen-bond acceptors (Lipinski definition) is 5. The highest BCUT2D eigenvalue weighted by molar-refractivity contribution is 6.05. The third kappa shape index (κ3) is 5.00. The highest BCUT2D eigenvalue weighted by Crippen LogP contribution is 2.28. The van der Waals surface area contributed by atoms with E-state index in [-0.39, 0.29) is 6.61 Å². The lowest BCUT2D eigenvalue weighted by molar-refractivity contribution is -0.0529. The van der Waals surface area contributed by atoms with E-state index in [9.17, 15) is 9.59 Å². The van der Waals surface area contributed by atoms with Crippen molar-refractivity contribution in [2.24, 2.45) is 0 Å². The van der Waals surface area contributed by atoms with E-state index in [1.807, 2.05) is 24.3 Å². The van der Waals surface area contributed by atoms with Crippen LogP contribution in [0.4, 0.5) is 4.79 Å². The van der Waals surface area contributed by atoms with Gasteiger partial charge in [-0.1, -0.05) is 18.2 Å². The third-order valence-corrected chi connectivity index (χ3v) is 3.61. The van der Waals surface area contributed by atoms with Crippen molar-refractivity contribution in [2.75, 3.05) is 6.61 Å². The molecule has 142 valence electrons. The number of para-hydroxylation sites is 1. The van der Waals surface area contributed by atoms with Crippen LogP contribution in [0.5, 0.6) is 0 Å². The van der Waals surface area contributed by atoms with Gasteiger partial charge in [0, 0.05) is 23.0 Å². The largest absolute Gasteiger partial charge is 0.509 e. The van der Waals surface area contributed by atoms with Gasteiger partial charge < -0.3 is 19.2 Å². The van der Waals surface area contributed by atoms with E-state index in [1.165, 1.54) is 0 Å². The summed E-state index contributed by atoms with van der Waals surface area (Å²) in [5.41, 5.74) is 0.467. The number of carbonyl (C=O) groups is 2. The predicted molar refractivity (Wildman–Crippen MR) is 99.4 cm³/mol. The minimum absolute atomic E-state index is 0.287. The molecule has 0 aliphatic rings. The van der Waals surface area contributed by atoms with E-state index in [4.69, 9.17) is 14.2 Å². The Hall–Kier alpha value is -2.50. The zero-order valence-electron chi connectivity index (χ0n) is 16.3. The van der Waals surface area contributed by atoms with Gasteiger partial charge in [0.2, 0.25) is 0 Å². The molecule has 1 heterocycles. The lowest BCUT2D eigenvalue weighted by Crippen LogP contribution is -2.34. The molecular weight excluding hydrogens is 334 g/mol. The van der Waals surface area contributed by atoms with Crippen molar-refractivity contribution in [1.82, 2.24) is 4.98 Å². The molecular formula is C20H27NO5. The molecule has 0 aliphatic heterocycles. The first kappa shape index (κ1) is 19.8. The minimum Gasteiger partial charge on any atom is -0.462 e. The van der Waals surface area contributed by atoms with Crippen LogP contribution in [-0.4, -0.2) is 34.9 Å². The molecule has 0 saturated heterocycles. The molecule has 2 rings (SSSR count). The number of hydrogen-bond donors (Lipinski definition) is 1. The number of carbonyl (C=O) groups excluding carboxylic acids is 2. The van der Waals surface area contributed by atoms with Gasteiger partial charge in [0.05, 0.1) is 12.2 Å². The number of nitrogens with one attached hydrogen (secondary N) is 1. The number of benzene rings is 1. The second-order valence-electron chi connectivity index (χ2n) is 7.75. The first-order valence-corrected chi connectivity index (χ1v) is 8.71. The smallest absolute Gasteiger partial charge is 0.462 e. The predicted octanol–water partition coefficient (Wildman–Crippen LogP) is 4.62. The van der Waals surface area contributed by atoms with E-state index < -0.39 is 23.3 Å². The Labute approximate surface area is 153 Å². The number of aromatic nitrogens is 1. The fourth-order valence-electron chi connectivity index (χ4n) is 2.72. The zero-order chi connectivity index (χ0) is 19.5. The van der Waals surface area contributed by atoms with Crippen LogP contribution in [0.25, 0.3) is 10.9 Å². The molecule has 6 nitrogen and oxygen atoms in total. The summed E-state index contributed by atoms with van der Waals surface area (Å²) >= 11 is 0. The Bertz CT molecular complexity index is 798. The normalized spacial score (nSPS) is 12.1. The summed E-state index contributed by atoms with van der Waals surface area (Å²) in [7, 11) is 0. The number of esters is 1. The Balaban J connectivity index is 2.30. The number of aromatic amines is 1. The Morgan fingerprint density at radius 1 is 1.04 bits per heavy atom. The minimum atomic E-state index is -0.871. The quantitative estimate of drug-likeness (QED) is 0.787. The molecule has 0 spiro atoms. The SMILES string of the molecule is CCOC(=O)c1c(CC(C)(C)OC(=O)OC(C)(C)C)[nH]c2ccccc12. The van der Waals surface area contributed by atoms with Crippen LogP contribution in [0, 0.1) is 0 Å². The van der Waals surface area contributed by atoms with E-state index in [2.05, 4.69) is 4.98 Å². The molecule has 0 bridgehead atoms. The van der Waals surface area contributed by atoms with Crippen molar-refractivity contribution >= 4 is 23.0 Å². The van der Waals surface area contributed by atoms with Crippen molar-refractivity contribution in [3.05, 3.63) is 35.5 Å². The van der Waals surface area contributed by atoms with Crippen LogP contribution in [0.15, 0.2) is 24.3 Å². The molecule has 0 radical (unpaired) electrons. The second kappa shape index (κ2) is 7.40. The Kier molecular flexibility index (Phi) is 5.64. The Morgan fingerprint density at radius 2 is 1.69 bits per heavy atom. The monoisotopic (exact) mass is 361 g/mol. The zero-order valence-corrected chi connectivity index (χ0v) is 16.3. The van der Waals surface area contributed by atoms with Crippen molar-refractivity contribution in [1.29, 1.82) is 0 Å². The number of rotatable bonds is 5. The van der Waals surface area contributed by atoms with Gasteiger partial charge in [-0.15, -0.1) is 0 Å². The standard InChI is InChI=1S/C20H27NO5/c1-7-24-17(22)16-13-10-8-9-11-14(13)21-15(16)12-20(5,6)26-18(23)25-19(2,3)4/h8-11,21H,7,12H2,1-6H3. The summed E-state index contributed by atoms with van der Waals surface area (Å²) in [6, 6.07) is 7.51. The van der Waals surface area contributed by atoms with Crippen LogP contribution in [0.3, 0.4) is 0 Å². The Morgan fingerprint density at radius 3 is 2.31 bits per heavy atom. The fraction of sp³-hybridized carbons (Fsp3) is 0.500. The van der Waals surface area contributed by atoms with E-state index in [0.29, 0.717) is 17.7 Å². The van der Waals surface area contributed by atoms with Crippen LogP contribution >= 0.6 is 0 Å². The molecule has 0 fully saturated rings. The molecule has 6 heteroatoms. The summed E-state index contributed by atoms with van der Waals surface area (Å²) in [5.74, 6) is -0.395. The number of ether oxygens (including phenoxy) is 3. The molecule has 26 heavy (non-hydrogen) atoms. The summed E-state index contributed by atoms with van der Waals surface area (Å²) in [6.45, 7) is 10.9. The molecule has 0 atom stereocenters. The highest BCUT2D eigenvalue weighted by Gasteiger charge is 2.30. The first-order chi connectivity index (χ1) is 12.0. The van der Waals surface area contributed by atoms with Gasteiger partial charge in [0.1, 0.15) is 11.2 Å². The van der Waals surface area contributed by atoms with Crippen LogP contribution < -0.4 is 0 Å². The maximum Gasteiger partial charge on any atom is 0.509 e. The van der Waals surface area contributed by atoms with Gasteiger partial charge in [-0.2, -0.15) is 0 Å². The van der Waals surface area contributed by atoms with Crippen LogP contribution in [0.2, 0.25) is 0 Å². The summed E-state index contributed by atoms with van der Waals surface area (Å²) < 4.78 is 15.9. The molecule has 1 aromatic carbocycles. The van der Waals surface area contributed by atoms with Gasteiger partial charge in [0.15, 0.2) is 0 Å². The fourth-order valence-corrected chi connectivity index (χ4v) is 2.72. The van der Waals surface area contributed by atoms with Crippen molar-refractivity contribution in [2.45, 2.75) is 59.2 Å². The molecule has 1 aromatic heterocycles. The average molecular weight is 361 g/mol. The number of fused-ring (bicyclic) bond motifs is 1. The average Bonchev–Trinajstić information content (AvgIpc) is 2.81. The van der Waals surface area contributed by atoms with E-state index >= 15 is 0 Å². The van der Waals surface area contributed by atoms with E-state index in [1.54, 1.807) is 41.5 Å². The molecule has 0 unspecified atom stereocenters. The molecule has 0 saturated carbocycles. The molecule has 0 amide bonds. The lowest BCUT2D eigenvalue weighted by Gasteiger charge is -2.27. The lowest BCUT2D eigenvalue weighted by atomic mass is 9.99. The molecule has 1 N–H and O–H groups in total. The summed E-state index contributed by atoms with van der Waals surface area (Å²) in [5, 5.41) is 0.786. The molecule has 0 aliphatic carbocycles. The molecule has 2 aromatic rings. The van der Waals surface area contributed by atoms with Crippen molar-refractivity contribution in [3.8, 4) is 0 Å². The maximum atomic E-state index is 12.5.